The maximum absolute atomic E-state index is 13.2. The predicted octanol–water partition coefficient (Wildman–Crippen LogP) is 1.38. The van der Waals surface area contributed by atoms with Gasteiger partial charge in [0.15, 0.2) is 0 Å². The van der Waals surface area contributed by atoms with E-state index in [4.69, 9.17) is 5.11 Å². The number of nitrogens with one attached hydrogen (secondary N) is 2. The highest BCUT2D eigenvalue weighted by Gasteiger charge is 2.04. The van der Waals surface area contributed by atoms with E-state index in [9.17, 15) is 9.18 Å². The minimum absolute atomic E-state index is 0.0997. The van der Waals surface area contributed by atoms with E-state index in [0.29, 0.717) is 5.56 Å². The lowest BCUT2D eigenvalue weighted by Crippen LogP contribution is -2.36. The van der Waals surface area contributed by atoms with Crippen LogP contribution in [0.25, 0.3) is 0 Å². The average Bonchev–Trinajstić information content (AvgIpc) is 2.27. The summed E-state index contributed by atoms with van der Waals surface area (Å²) >= 11 is 3.22. The van der Waals surface area contributed by atoms with E-state index in [1.54, 1.807) is 12.1 Å². The van der Waals surface area contributed by atoms with Gasteiger partial charge in [0.2, 0.25) is 0 Å². The third kappa shape index (κ3) is 4.16. The summed E-state index contributed by atoms with van der Waals surface area (Å²) in [5.74, 6) is -0.370. The van der Waals surface area contributed by atoms with E-state index < -0.39 is 6.03 Å². The Morgan fingerprint density at radius 2 is 2.19 bits per heavy atom. The van der Waals surface area contributed by atoms with Gasteiger partial charge in [0.1, 0.15) is 5.82 Å². The summed E-state index contributed by atoms with van der Waals surface area (Å²) in [7, 11) is 0. The summed E-state index contributed by atoms with van der Waals surface area (Å²) in [5, 5.41) is 13.4. The minimum atomic E-state index is -0.437. The minimum Gasteiger partial charge on any atom is -0.395 e. The van der Waals surface area contributed by atoms with Gasteiger partial charge in [-0.3, -0.25) is 0 Å². The fourth-order valence-electron chi connectivity index (χ4n) is 1.09. The molecule has 0 saturated carbocycles. The van der Waals surface area contributed by atoms with E-state index in [2.05, 4.69) is 26.6 Å². The van der Waals surface area contributed by atoms with Crippen molar-refractivity contribution in [1.82, 2.24) is 10.6 Å². The SMILES string of the molecule is O=C(NCCO)NCc1cc(Br)ccc1F. The van der Waals surface area contributed by atoms with Crippen LogP contribution in [0.3, 0.4) is 0 Å². The number of aliphatic hydroxyl groups excluding tert-OH is 1. The summed E-state index contributed by atoms with van der Waals surface area (Å²) in [5.41, 5.74) is 0.397. The number of rotatable bonds is 4. The van der Waals surface area contributed by atoms with Crippen LogP contribution in [0.5, 0.6) is 0 Å². The van der Waals surface area contributed by atoms with Crippen LogP contribution >= 0.6 is 15.9 Å². The Balaban J connectivity index is 2.47. The van der Waals surface area contributed by atoms with Gasteiger partial charge in [0.05, 0.1) is 6.61 Å². The van der Waals surface area contributed by atoms with E-state index >= 15 is 0 Å². The molecule has 0 saturated heterocycles. The molecule has 0 radical (unpaired) electrons. The second-order valence-electron chi connectivity index (χ2n) is 3.07. The molecule has 0 aromatic heterocycles. The van der Waals surface area contributed by atoms with E-state index in [-0.39, 0.29) is 25.5 Å². The van der Waals surface area contributed by atoms with Crippen LogP contribution in [0.4, 0.5) is 9.18 Å². The number of carbonyl (C=O) groups excluding carboxylic acids is 1. The Bertz CT molecular complexity index is 374. The van der Waals surface area contributed by atoms with Crippen LogP contribution in [0.2, 0.25) is 0 Å². The van der Waals surface area contributed by atoms with Gasteiger partial charge in [-0.05, 0) is 18.2 Å². The molecule has 0 atom stereocenters. The molecule has 16 heavy (non-hydrogen) atoms. The van der Waals surface area contributed by atoms with Crippen molar-refractivity contribution in [2.75, 3.05) is 13.2 Å². The number of aliphatic hydroxyl groups is 1. The standard InChI is InChI=1S/C10H12BrFN2O2/c11-8-1-2-9(12)7(5-8)6-14-10(16)13-3-4-15/h1-2,5,15H,3-4,6H2,(H2,13,14,16). The molecule has 3 N–H and O–H groups in total. The number of amides is 2. The molecule has 88 valence electrons. The molecular weight excluding hydrogens is 279 g/mol. The molecule has 0 aliphatic carbocycles. The maximum Gasteiger partial charge on any atom is 0.315 e. The molecule has 0 spiro atoms. The Morgan fingerprint density at radius 3 is 2.88 bits per heavy atom. The molecule has 0 unspecified atom stereocenters. The Kier molecular flexibility index (Phi) is 5.21. The zero-order valence-corrected chi connectivity index (χ0v) is 10.1. The normalized spacial score (nSPS) is 9.94. The van der Waals surface area contributed by atoms with Crippen molar-refractivity contribution in [1.29, 1.82) is 0 Å². The zero-order chi connectivity index (χ0) is 12.0. The Labute approximate surface area is 101 Å². The number of carbonyl (C=O) groups is 1. The summed E-state index contributed by atoms with van der Waals surface area (Å²) in [6, 6.07) is 4.08. The van der Waals surface area contributed by atoms with Crippen LogP contribution in [-0.2, 0) is 6.54 Å². The van der Waals surface area contributed by atoms with Crippen LogP contribution in [0, 0.1) is 5.82 Å². The summed E-state index contributed by atoms with van der Waals surface area (Å²) in [6.45, 7) is 0.147. The molecule has 1 aromatic carbocycles. The predicted molar refractivity (Wildman–Crippen MR) is 61.4 cm³/mol. The number of halogens is 2. The monoisotopic (exact) mass is 290 g/mol. The van der Waals surface area contributed by atoms with Crippen molar-refractivity contribution in [3.8, 4) is 0 Å². The number of hydrogen-bond donors (Lipinski definition) is 3. The number of urea groups is 1. The maximum atomic E-state index is 13.2. The van der Waals surface area contributed by atoms with Gasteiger partial charge in [-0.2, -0.15) is 0 Å². The van der Waals surface area contributed by atoms with E-state index in [1.165, 1.54) is 6.07 Å². The first-order valence-electron chi connectivity index (χ1n) is 4.70. The van der Waals surface area contributed by atoms with Crippen LogP contribution in [-0.4, -0.2) is 24.3 Å². The van der Waals surface area contributed by atoms with Gasteiger partial charge >= 0.3 is 6.03 Å². The van der Waals surface area contributed by atoms with Crippen LogP contribution in [0.1, 0.15) is 5.56 Å². The number of hydrogen-bond acceptors (Lipinski definition) is 2. The van der Waals surface area contributed by atoms with Crippen LogP contribution in [0.15, 0.2) is 22.7 Å². The molecule has 1 aromatic rings. The smallest absolute Gasteiger partial charge is 0.315 e. The average molecular weight is 291 g/mol. The first-order chi connectivity index (χ1) is 7.63. The van der Waals surface area contributed by atoms with Gasteiger partial charge in [0, 0.05) is 23.1 Å². The fourth-order valence-corrected chi connectivity index (χ4v) is 1.49. The summed E-state index contributed by atoms with van der Waals surface area (Å²) in [4.78, 5) is 11.1. The summed E-state index contributed by atoms with van der Waals surface area (Å²) < 4.78 is 14.0. The molecule has 4 nitrogen and oxygen atoms in total. The van der Waals surface area contributed by atoms with Crippen molar-refractivity contribution >= 4 is 22.0 Å². The van der Waals surface area contributed by atoms with Crippen molar-refractivity contribution in [2.24, 2.45) is 0 Å². The zero-order valence-electron chi connectivity index (χ0n) is 8.46. The van der Waals surface area contributed by atoms with E-state index in [1.807, 2.05) is 0 Å². The van der Waals surface area contributed by atoms with Gasteiger partial charge in [-0.25, -0.2) is 9.18 Å². The Morgan fingerprint density at radius 1 is 1.44 bits per heavy atom. The third-order valence-corrected chi connectivity index (χ3v) is 2.34. The van der Waals surface area contributed by atoms with Crippen molar-refractivity contribution in [3.63, 3.8) is 0 Å². The highest BCUT2D eigenvalue weighted by atomic mass is 79.9. The van der Waals surface area contributed by atoms with Gasteiger partial charge in [-0.15, -0.1) is 0 Å². The molecular formula is C10H12BrFN2O2. The molecule has 0 heterocycles. The first-order valence-corrected chi connectivity index (χ1v) is 5.49. The molecule has 1 rings (SSSR count). The second kappa shape index (κ2) is 6.44. The lowest BCUT2D eigenvalue weighted by atomic mass is 10.2. The summed E-state index contributed by atoms with van der Waals surface area (Å²) in [6.07, 6.45) is 0. The molecule has 0 aliphatic rings. The molecule has 6 heteroatoms. The third-order valence-electron chi connectivity index (χ3n) is 1.84. The molecule has 0 fully saturated rings. The highest BCUT2D eigenvalue weighted by Crippen LogP contribution is 2.15. The number of benzene rings is 1. The lowest BCUT2D eigenvalue weighted by molar-refractivity contribution is 0.234. The molecule has 0 aliphatic heterocycles. The van der Waals surface area contributed by atoms with Crippen molar-refractivity contribution in [2.45, 2.75) is 6.54 Å². The van der Waals surface area contributed by atoms with Gasteiger partial charge in [0.25, 0.3) is 0 Å². The largest absolute Gasteiger partial charge is 0.395 e. The quantitative estimate of drug-likeness (QED) is 0.785. The van der Waals surface area contributed by atoms with Gasteiger partial charge < -0.3 is 15.7 Å². The highest BCUT2D eigenvalue weighted by molar-refractivity contribution is 9.10. The van der Waals surface area contributed by atoms with E-state index in [0.717, 1.165) is 4.47 Å². The Hall–Kier alpha value is -1.14. The first kappa shape index (κ1) is 12.9. The van der Waals surface area contributed by atoms with Crippen molar-refractivity contribution in [3.05, 3.63) is 34.1 Å². The molecule has 2 amide bonds. The lowest BCUT2D eigenvalue weighted by Gasteiger charge is -2.07. The molecule has 0 bridgehead atoms. The second-order valence-corrected chi connectivity index (χ2v) is 3.98. The topological polar surface area (TPSA) is 61.4 Å². The van der Waals surface area contributed by atoms with Crippen LogP contribution < -0.4 is 10.6 Å². The fraction of sp³-hybridized carbons (Fsp3) is 0.300. The van der Waals surface area contributed by atoms with Crippen molar-refractivity contribution < 1.29 is 14.3 Å². The van der Waals surface area contributed by atoms with Gasteiger partial charge in [-0.1, -0.05) is 15.9 Å².